The van der Waals surface area contributed by atoms with Gasteiger partial charge in [0.05, 0.1) is 5.60 Å². The number of anilines is 1. The molecule has 23 heavy (non-hydrogen) atoms. The van der Waals surface area contributed by atoms with Crippen LogP contribution in [0.5, 0.6) is 0 Å². The number of β-amino-alcohol motifs (C(OH)–C–C–N with tert-alkyl or cyclic N) is 1. The molecule has 0 atom stereocenters. The van der Waals surface area contributed by atoms with Gasteiger partial charge in [-0.25, -0.2) is 0 Å². The van der Waals surface area contributed by atoms with E-state index in [9.17, 15) is 9.90 Å². The summed E-state index contributed by atoms with van der Waals surface area (Å²) in [5, 5.41) is 13.9. The molecule has 1 amide bonds. The Bertz CT molecular complexity index is 532. The number of piperidine rings is 1. The van der Waals surface area contributed by atoms with Crippen LogP contribution in [0.4, 0.5) is 5.69 Å². The second-order valence-electron chi connectivity index (χ2n) is 6.65. The molecule has 1 aromatic rings. The molecule has 0 aromatic heterocycles. The molecule has 6 nitrogen and oxygen atoms in total. The van der Waals surface area contributed by atoms with Gasteiger partial charge in [0.2, 0.25) is 5.91 Å². The Morgan fingerprint density at radius 1 is 1.13 bits per heavy atom. The van der Waals surface area contributed by atoms with Crippen LogP contribution in [0.2, 0.25) is 0 Å². The minimum Gasteiger partial charge on any atom is -0.388 e. The predicted octanol–water partition coefficient (Wildman–Crippen LogP) is 0.0220. The predicted molar refractivity (Wildman–Crippen MR) is 90.7 cm³/mol. The Kier molecular flexibility index (Phi) is 4.84. The van der Waals surface area contributed by atoms with Crippen molar-refractivity contribution in [3.05, 3.63) is 29.8 Å². The Morgan fingerprint density at radius 3 is 2.30 bits per heavy atom. The number of amides is 1. The van der Waals surface area contributed by atoms with E-state index in [4.69, 9.17) is 5.73 Å². The molecular weight excluding hydrogens is 292 g/mol. The zero-order valence-corrected chi connectivity index (χ0v) is 13.5. The summed E-state index contributed by atoms with van der Waals surface area (Å²) in [6.07, 6.45) is 1.67. The first kappa shape index (κ1) is 16.2. The Balaban J connectivity index is 1.52. The van der Waals surface area contributed by atoms with Gasteiger partial charge in [-0.2, -0.15) is 0 Å². The fraction of sp³-hybridized carbons (Fsp3) is 0.588. The highest BCUT2D eigenvalue weighted by molar-refractivity contribution is 5.93. The third-order valence-corrected chi connectivity index (χ3v) is 4.94. The van der Waals surface area contributed by atoms with Crippen molar-refractivity contribution in [3.63, 3.8) is 0 Å². The van der Waals surface area contributed by atoms with Gasteiger partial charge in [-0.05, 0) is 50.2 Å². The summed E-state index contributed by atoms with van der Waals surface area (Å²) in [5.74, 6) is -0.392. The number of nitrogens with one attached hydrogen (secondary N) is 1. The first-order valence-corrected chi connectivity index (χ1v) is 8.36. The average Bonchev–Trinajstić information content (AvgIpc) is 2.56. The van der Waals surface area contributed by atoms with Crippen LogP contribution in [0.1, 0.15) is 23.2 Å². The second-order valence-corrected chi connectivity index (χ2v) is 6.65. The smallest absolute Gasteiger partial charge is 0.248 e. The topological polar surface area (TPSA) is 81.8 Å². The number of hydrogen-bond acceptors (Lipinski definition) is 5. The highest BCUT2D eigenvalue weighted by atomic mass is 16.3. The van der Waals surface area contributed by atoms with Crippen molar-refractivity contribution in [2.45, 2.75) is 18.4 Å². The summed E-state index contributed by atoms with van der Waals surface area (Å²) in [4.78, 5) is 15.8. The standard InChI is InChI=1S/C17H26N4O2/c18-16(22)14-1-3-15(4-2-14)21-11-9-20(10-12-21)13-17(23)5-7-19-8-6-17/h1-4,19,23H,5-13H2,(H2,18,22). The third-order valence-electron chi connectivity index (χ3n) is 4.94. The van der Waals surface area contributed by atoms with Gasteiger partial charge in [-0.15, -0.1) is 0 Å². The highest BCUT2D eigenvalue weighted by Crippen LogP contribution is 2.22. The molecule has 0 aliphatic carbocycles. The molecule has 126 valence electrons. The fourth-order valence-electron chi connectivity index (χ4n) is 3.47. The minimum atomic E-state index is -0.531. The van der Waals surface area contributed by atoms with Gasteiger partial charge in [-0.3, -0.25) is 9.69 Å². The number of nitrogens with two attached hydrogens (primary N) is 1. The lowest BCUT2D eigenvalue weighted by Crippen LogP contribution is -2.54. The number of carbonyl (C=O) groups is 1. The molecular formula is C17H26N4O2. The number of aliphatic hydroxyl groups is 1. The normalized spacial score (nSPS) is 22.0. The minimum absolute atomic E-state index is 0.392. The molecule has 6 heteroatoms. The SMILES string of the molecule is NC(=O)c1ccc(N2CCN(CC3(O)CCNCC3)CC2)cc1. The lowest BCUT2D eigenvalue weighted by atomic mass is 9.91. The van der Waals surface area contributed by atoms with Gasteiger partial charge in [0.25, 0.3) is 0 Å². The van der Waals surface area contributed by atoms with Gasteiger partial charge in [0.1, 0.15) is 0 Å². The lowest BCUT2D eigenvalue weighted by molar-refractivity contribution is -0.0218. The van der Waals surface area contributed by atoms with Crippen LogP contribution in [0.25, 0.3) is 0 Å². The van der Waals surface area contributed by atoms with E-state index in [1.54, 1.807) is 12.1 Å². The Labute approximate surface area is 137 Å². The largest absolute Gasteiger partial charge is 0.388 e. The number of primary amides is 1. The van der Waals surface area contributed by atoms with Crippen LogP contribution in [0.15, 0.2) is 24.3 Å². The van der Waals surface area contributed by atoms with Crippen molar-refractivity contribution in [2.24, 2.45) is 5.73 Å². The number of rotatable bonds is 4. The summed E-state index contributed by atoms with van der Waals surface area (Å²) < 4.78 is 0. The molecule has 2 aliphatic rings. The van der Waals surface area contributed by atoms with E-state index >= 15 is 0 Å². The molecule has 3 rings (SSSR count). The van der Waals surface area contributed by atoms with E-state index in [1.165, 1.54) is 0 Å². The molecule has 2 saturated heterocycles. The van der Waals surface area contributed by atoms with E-state index in [-0.39, 0.29) is 0 Å². The van der Waals surface area contributed by atoms with Crippen molar-refractivity contribution >= 4 is 11.6 Å². The molecule has 2 aliphatic heterocycles. The monoisotopic (exact) mass is 318 g/mol. The molecule has 1 aromatic carbocycles. The molecule has 0 spiro atoms. The number of nitrogens with zero attached hydrogens (tertiary/aromatic N) is 2. The molecule has 0 bridgehead atoms. The van der Waals surface area contributed by atoms with Gasteiger partial charge in [0.15, 0.2) is 0 Å². The van der Waals surface area contributed by atoms with Crippen LogP contribution < -0.4 is 16.0 Å². The van der Waals surface area contributed by atoms with E-state index in [0.29, 0.717) is 5.56 Å². The van der Waals surface area contributed by atoms with Gasteiger partial charge >= 0.3 is 0 Å². The van der Waals surface area contributed by atoms with Crippen LogP contribution in [0, 0.1) is 0 Å². The molecule has 0 saturated carbocycles. The van der Waals surface area contributed by atoms with Crippen molar-refractivity contribution in [3.8, 4) is 0 Å². The number of hydrogen-bond donors (Lipinski definition) is 3. The quantitative estimate of drug-likeness (QED) is 0.729. The first-order chi connectivity index (χ1) is 11.1. The third kappa shape index (κ3) is 4.02. The summed E-state index contributed by atoms with van der Waals surface area (Å²) >= 11 is 0. The molecule has 2 fully saturated rings. The summed E-state index contributed by atoms with van der Waals surface area (Å²) in [6, 6.07) is 7.47. The maximum Gasteiger partial charge on any atom is 0.248 e. The van der Waals surface area contributed by atoms with Crippen molar-refractivity contribution in [1.82, 2.24) is 10.2 Å². The Morgan fingerprint density at radius 2 is 1.74 bits per heavy atom. The number of benzene rings is 1. The van der Waals surface area contributed by atoms with E-state index < -0.39 is 11.5 Å². The van der Waals surface area contributed by atoms with Crippen molar-refractivity contribution < 1.29 is 9.90 Å². The zero-order chi connectivity index (χ0) is 16.3. The maximum atomic E-state index is 11.1. The lowest BCUT2D eigenvalue weighted by Gasteiger charge is -2.41. The van der Waals surface area contributed by atoms with E-state index in [1.807, 2.05) is 12.1 Å². The van der Waals surface area contributed by atoms with Crippen LogP contribution >= 0.6 is 0 Å². The van der Waals surface area contributed by atoms with Crippen LogP contribution in [-0.2, 0) is 0 Å². The molecule has 2 heterocycles. The van der Waals surface area contributed by atoms with Crippen molar-refractivity contribution in [2.75, 3.05) is 50.7 Å². The van der Waals surface area contributed by atoms with E-state index in [2.05, 4.69) is 15.1 Å². The first-order valence-electron chi connectivity index (χ1n) is 8.36. The van der Waals surface area contributed by atoms with Crippen LogP contribution in [0.3, 0.4) is 0 Å². The van der Waals surface area contributed by atoms with E-state index in [0.717, 1.165) is 64.3 Å². The summed E-state index contributed by atoms with van der Waals surface area (Å²) in [6.45, 7) is 6.35. The molecule has 0 radical (unpaired) electrons. The molecule has 0 unspecified atom stereocenters. The number of carbonyl (C=O) groups excluding carboxylic acids is 1. The van der Waals surface area contributed by atoms with Gasteiger partial charge in [0, 0.05) is 44.0 Å². The average molecular weight is 318 g/mol. The molecule has 4 N–H and O–H groups in total. The fourth-order valence-corrected chi connectivity index (χ4v) is 3.47. The zero-order valence-electron chi connectivity index (χ0n) is 13.5. The van der Waals surface area contributed by atoms with Crippen molar-refractivity contribution in [1.29, 1.82) is 0 Å². The van der Waals surface area contributed by atoms with Gasteiger partial charge < -0.3 is 21.1 Å². The number of piperazine rings is 1. The second kappa shape index (κ2) is 6.86. The van der Waals surface area contributed by atoms with Gasteiger partial charge in [-0.1, -0.05) is 0 Å². The van der Waals surface area contributed by atoms with Crippen LogP contribution in [-0.4, -0.2) is 67.3 Å². The Hall–Kier alpha value is -1.63. The highest BCUT2D eigenvalue weighted by Gasteiger charge is 2.32. The summed E-state index contributed by atoms with van der Waals surface area (Å²) in [7, 11) is 0. The maximum absolute atomic E-state index is 11.1. The summed E-state index contributed by atoms with van der Waals surface area (Å²) in [5.41, 5.74) is 6.41.